The van der Waals surface area contributed by atoms with Crippen LogP contribution in [0.15, 0.2) is 12.2 Å². The minimum Gasteiger partial charge on any atom is -0.383 e. The maximum atomic E-state index is 5.01. The lowest BCUT2D eigenvalue weighted by Crippen LogP contribution is -2.23. The number of likely N-dealkylation sites (N-methyl/N-ethyl adjacent to an activating group) is 1. The summed E-state index contributed by atoms with van der Waals surface area (Å²) in [6.07, 6.45) is 4.60. The standard InChI is InChI=1S/C11H25NOSi/c1-12(9-10-13-2)8-6-7-11-14(3,4)5/h6-7H,8-11H2,1-5H3. The third-order valence-corrected chi connectivity index (χ3v) is 3.45. The second-order valence-corrected chi connectivity index (χ2v) is 10.5. The van der Waals surface area contributed by atoms with Gasteiger partial charge in [-0.1, -0.05) is 31.8 Å². The fraction of sp³-hybridized carbons (Fsp3) is 0.818. The number of ether oxygens (including phenoxy) is 1. The molecule has 2 nitrogen and oxygen atoms in total. The predicted molar refractivity (Wildman–Crippen MR) is 66.7 cm³/mol. The zero-order valence-electron chi connectivity index (χ0n) is 10.3. The van der Waals surface area contributed by atoms with Gasteiger partial charge in [-0.15, -0.1) is 0 Å². The van der Waals surface area contributed by atoms with Gasteiger partial charge in [-0.25, -0.2) is 0 Å². The molecule has 0 radical (unpaired) electrons. The smallest absolute Gasteiger partial charge is 0.0589 e. The molecule has 0 rings (SSSR count). The molecule has 0 aliphatic rings. The van der Waals surface area contributed by atoms with Gasteiger partial charge < -0.3 is 9.64 Å². The van der Waals surface area contributed by atoms with Crippen molar-refractivity contribution in [1.82, 2.24) is 4.90 Å². The van der Waals surface area contributed by atoms with Crippen molar-refractivity contribution in [2.45, 2.75) is 25.7 Å². The van der Waals surface area contributed by atoms with Crippen LogP contribution in [0.4, 0.5) is 0 Å². The molecule has 0 spiro atoms. The molecule has 84 valence electrons. The van der Waals surface area contributed by atoms with Crippen molar-refractivity contribution in [2.75, 3.05) is 33.9 Å². The Kier molecular flexibility index (Phi) is 7.14. The van der Waals surface area contributed by atoms with Crippen molar-refractivity contribution in [3.8, 4) is 0 Å². The molecule has 0 fully saturated rings. The van der Waals surface area contributed by atoms with E-state index in [0.29, 0.717) is 0 Å². The Balaban J connectivity index is 3.51. The number of nitrogens with zero attached hydrogens (tertiary/aromatic N) is 1. The van der Waals surface area contributed by atoms with E-state index in [9.17, 15) is 0 Å². The Morgan fingerprint density at radius 1 is 1.21 bits per heavy atom. The van der Waals surface area contributed by atoms with Crippen LogP contribution in [0, 0.1) is 0 Å². The molecule has 3 heteroatoms. The molecule has 0 aliphatic heterocycles. The van der Waals surface area contributed by atoms with Crippen molar-refractivity contribution in [3.63, 3.8) is 0 Å². The molecule has 0 atom stereocenters. The Morgan fingerprint density at radius 3 is 2.36 bits per heavy atom. The van der Waals surface area contributed by atoms with Crippen LogP contribution in [0.1, 0.15) is 0 Å². The first-order valence-electron chi connectivity index (χ1n) is 5.28. The average Bonchev–Trinajstić information content (AvgIpc) is 2.07. The molecule has 0 N–H and O–H groups in total. The summed E-state index contributed by atoms with van der Waals surface area (Å²) in [5.74, 6) is 0. The first-order chi connectivity index (χ1) is 6.45. The Labute approximate surface area is 90.0 Å². The van der Waals surface area contributed by atoms with Crippen molar-refractivity contribution < 1.29 is 4.74 Å². The van der Waals surface area contributed by atoms with Crippen LogP contribution in [0.25, 0.3) is 0 Å². The van der Waals surface area contributed by atoms with E-state index < -0.39 is 8.07 Å². The van der Waals surface area contributed by atoms with Gasteiger partial charge >= 0.3 is 0 Å². The Bertz CT molecular complexity index is 163. The highest BCUT2D eigenvalue weighted by atomic mass is 28.3. The van der Waals surface area contributed by atoms with Gasteiger partial charge in [0.05, 0.1) is 6.61 Å². The molecular weight excluding hydrogens is 190 g/mol. The Hall–Kier alpha value is -0.123. The monoisotopic (exact) mass is 215 g/mol. The summed E-state index contributed by atoms with van der Waals surface area (Å²) in [5, 5.41) is 0. The van der Waals surface area contributed by atoms with Gasteiger partial charge in [0, 0.05) is 28.3 Å². The van der Waals surface area contributed by atoms with Gasteiger partial charge in [-0.05, 0) is 13.1 Å². The lowest BCUT2D eigenvalue weighted by Gasteiger charge is -2.14. The van der Waals surface area contributed by atoms with Gasteiger partial charge in [-0.3, -0.25) is 0 Å². The van der Waals surface area contributed by atoms with Gasteiger partial charge in [0.1, 0.15) is 0 Å². The highest BCUT2D eigenvalue weighted by molar-refractivity contribution is 6.76. The SMILES string of the molecule is COCCN(C)CC=CC[Si](C)(C)C. The normalized spacial score (nSPS) is 13.0. The first-order valence-corrected chi connectivity index (χ1v) is 8.99. The van der Waals surface area contributed by atoms with E-state index in [4.69, 9.17) is 4.74 Å². The molecule has 0 bridgehead atoms. The van der Waals surface area contributed by atoms with E-state index in [1.807, 2.05) is 0 Å². The summed E-state index contributed by atoms with van der Waals surface area (Å²) in [6, 6.07) is 1.28. The highest BCUT2D eigenvalue weighted by Gasteiger charge is 2.09. The third kappa shape index (κ3) is 9.96. The second kappa shape index (κ2) is 7.21. The number of allylic oxidation sites excluding steroid dienone is 1. The van der Waals surface area contributed by atoms with Crippen LogP contribution in [0.5, 0.6) is 0 Å². The minimum absolute atomic E-state index is 0.818. The molecular formula is C11H25NOSi. The number of methoxy groups -OCH3 is 1. The largest absolute Gasteiger partial charge is 0.383 e. The molecule has 0 aromatic heterocycles. The van der Waals surface area contributed by atoms with Crippen LogP contribution in [0.3, 0.4) is 0 Å². The quantitative estimate of drug-likeness (QED) is 0.478. The van der Waals surface area contributed by atoms with Gasteiger partial charge in [0.2, 0.25) is 0 Å². The molecule has 0 aliphatic carbocycles. The van der Waals surface area contributed by atoms with Crippen LogP contribution < -0.4 is 0 Å². The lowest BCUT2D eigenvalue weighted by atomic mass is 10.4. The summed E-state index contributed by atoms with van der Waals surface area (Å²) in [6.45, 7) is 10.0. The molecule has 0 heterocycles. The molecule has 0 amide bonds. The fourth-order valence-corrected chi connectivity index (χ4v) is 1.90. The van der Waals surface area contributed by atoms with Crippen LogP contribution in [-0.4, -0.2) is 46.8 Å². The average molecular weight is 215 g/mol. The molecule has 0 saturated carbocycles. The highest BCUT2D eigenvalue weighted by Crippen LogP contribution is 2.08. The summed E-state index contributed by atoms with van der Waals surface area (Å²) in [4.78, 5) is 2.27. The Morgan fingerprint density at radius 2 is 1.86 bits per heavy atom. The molecule has 14 heavy (non-hydrogen) atoms. The van der Waals surface area contributed by atoms with E-state index in [1.54, 1.807) is 7.11 Å². The molecule has 0 unspecified atom stereocenters. The lowest BCUT2D eigenvalue weighted by molar-refractivity contribution is 0.166. The second-order valence-electron chi connectivity index (χ2n) is 4.99. The van der Waals surface area contributed by atoms with Crippen molar-refractivity contribution in [1.29, 1.82) is 0 Å². The van der Waals surface area contributed by atoms with Crippen molar-refractivity contribution in [2.24, 2.45) is 0 Å². The van der Waals surface area contributed by atoms with Crippen LogP contribution in [-0.2, 0) is 4.74 Å². The third-order valence-electron chi connectivity index (χ3n) is 1.99. The topological polar surface area (TPSA) is 12.5 Å². The maximum absolute atomic E-state index is 5.01. The van der Waals surface area contributed by atoms with Gasteiger partial charge in [-0.2, -0.15) is 0 Å². The minimum atomic E-state index is -0.885. The first kappa shape index (κ1) is 13.9. The van der Waals surface area contributed by atoms with E-state index in [2.05, 4.69) is 43.7 Å². The predicted octanol–water partition coefficient (Wildman–Crippen LogP) is 2.46. The zero-order chi connectivity index (χ0) is 11.0. The molecule has 0 aromatic carbocycles. The van der Waals surface area contributed by atoms with E-state index in [0.717, 1.165) is 19.7 Å². The fourth-order valence-electron chi connectivity index (χ4n) is 1.03. The van der Waals surface area contributed by atoms with E-state index in [1.165, 1.54) is 6.04 Å². The van der Waals surface area contributed by atoms with Gasteiger partial charge in [0.15, 0.2) is 0 Å². The summed E-state index contributed by atoms with van der Waals surface area (Å²) in [5.41, 5.74) is 0. The maximum Gasteiger partial charge on any atom is 0.0589 e. The van der Waals surface area contributed by atoms with Crippen molar-refractivity contribution in [3.05, 3.63) is 12.2 Å². The number of hydrogen-bond donors (Lipinski definition) is 0. The van der Waals surface area contributed by atoms with E-state index >= 15 is 0 Å². The van der Waals surface area contributed by atoms with E-state index in [-0.39, 0.29) is 0 Å². The molecule has 0 aromatic rings. The number of hydrogen-bond acceptors (Lipinski definition) is 2. The van der Waals surface area contributed by atoms with Crippen molar-refractivity contribution >= 4 is 8.07 Å². The van der Waals surface area contributed by atoms with Gasteiger partial charge in [0.25, 0.3) is 0 Å². The summed E-state index contributed by atoms with van der Waals surface area (Å²) < 4.78 is 5.01. The number of rotatable bonds is 7. The molecule has 0 saturated heterocycles. The zero-order valence-corrected chi connectivity index (χ0v) is 11.3. The van der Waals surface area contributed by atoms with Crippen LogP contribution in [0.2, 0.25) is 25.7 Å². The summed E-state index contributed by atoms with van der Waals surface area (Å²) in [7, 11) is 2.98. The van der Waals surface area contributed by atoms with Crippen LogP contribution >= 0.6 is 0 Å². The summed E-state index contributed by atoms with van der Waals surface area (Å²) >= 11 is 0.